The number of hydrogen-bond acceptors (Lipinski definition) is 2. The minimum Gasteiger partial charge on any atom is -0.309 e. The average molecular weight is 200 g/mol. The highest BCUT2D eigenvalue weighted by Gasteiger charge is 2.22. The molecular weight excluding hydrogens is 172 g/mol. The van der Waals surface area contributed by atoms with E-state index in [2.05, 4.69) is 58.6 Å². The summed E-state index contributed by atoms with van der Waals surface area (Å²) in [6.07, 6.45) is 1.23. The van der Waals surface area contributed by atoms with Crippen LogP contribution in [0.1, 0.15) is 34.1 Å². The van der Waals surface area contributed by atoms with Crippen molar-refractivity contribution in [2.24, 2.45) is 5.41 Å². The molecule has 0 aromatic heterocycles. The van der Waals surface area contributed by atoms with Crippen molar-refractivity contribution in [3.8, 4) is 0 Å². The van der Waals surface area contributed by atoms with E-state index in [-0.39, 0.29) is 0 Å². The lowest BCUT2D eigenvalue weighted by Crippen LogP contribution is -2.41. The van der Waals surface area contributed by atoms with Crippen molar-refractivity contribution in [2.75, 3.05) is 34.2 Å². The van der Waals surface area contributed by atoms with Gasteiger partial charge in [-0.1, -0.05) is 20.8 Å². The maximum atomic E-state index is 2.46. The van der Waals surface area contributed by atoms with Gasteiger partial charge in [0.15, 0.2) is 0 Å². The van der Waals surface area contributed by atoms with Gasteiger partial charge in [-0.15, -0.1) is 0 Å². The molecule has 1 unspecified atom stereocenters. The molecule has 0 bridgehead atoms. The lowest BCUT2D eigenvalue weighted by molar-refractivity contribution is 0.135. The third-order valence-electron chi connectivity index (χ3n) is 2.76. The summed E-state index contributed by atoms with van der Waals surface area (Å²) in [6, 6.07) is 0.691. The Balaban J connectivity index is 4.07. The number of nitrogens with zero attached hydrogens (tertiary/aromatic N) is 2. The van der Waals surface area contributed by atoms with Gasteiger partial charge in [0.25, 0.3) is 0 Å². The quantitative estimate of drug-likeness (QED) is 0.649. The summed E-state index contributed by atoms with van der Waals surface area (Å²) in [4.78, 5) is 4.73. The van der Waals surface area contributed by atoms with Crippen molar-refractivity contribution in [1.82, 2.24) is 9.80 Å². The fourth-order valence-corrected chi connectivity index (χ4v) is 2.05. The molecule has 0 fully saturated rings. The lowest BCUT2D eigenvalue weighted by atomic mass is 9.91. The molecule has 0 saturated carbocycles. The van der Waals surface area contributed by atoms with E-state index in [9.17, 15) is 0 Å². The van der Waals surface area contributed by atoms with E-state index < -0.39 is 0 Å². The predicted octanol–water partition coefficient (Wildman–Crippen LogP) is 2.30. The molecule has 2 heteroatoms. The fourth-order valence-electron chi connectivity index (χ4n) is 2.05. The van der Waals surface area contributed by atoms with Gasteiger partial charge in [-0.05, 0) is 39.9 Å². The average Bonchev–Trinajstić information content (AvgIpc) is 1.99. The van der Waals surface area contributed by atoms with Crippen molar-refractivity contribution in [3.63, 3.8) is 0 Å². The number of rotatable bonds is 6. The van der Waals surface area contributed by atoms with Gasteiger partial charge in [-0.2, -0.15) is 0 Å². The van der Waals surface area contributed by atoms with Gasteiger partial charge in [-0.25, -0.2) is 0 Å². The molecule has 86 valence electrons. The van der Waals surface area contributed by atoms with Crippen LogP contribution in [-0.4, -0.2) is 50.1 Å². The Morgan fingerprint density at radius 3 is 1.93 bits per heavy atom. The molecule has 0 heterocycles. The first-order valence-electron chi connectivity index (χ1n) is 5.63. The van der Waals surface area contributed by atoms with E-state index in [0.29, 0.717) is 11.5 Å². The highest BCUT2D eigenvalue weighted by molar-refractivity contribution is 4.76. The molecule has 0 saturated heterocycles. The van der Waals surface area contributed by atoms with Crippen LogP contribution in [0.2, 0.25) is 0 Å². The predicted molar refractivity (Wildman–Crippen MR) is 64.7 cm³/mol. The Hall–Kier alpha value is -0.0800. The van der Waals surface area contributed by atoms with Crippen LogP contribution in [0.5, 0.6) is 0 Å². The van der Waals surface area contributed by atoms with E-state index >= 15 is 0 Å². The minimum atomic E-state index is 0.377. The highest BCUT2D eigenvalue weighted by Crippen LogP contribution is 2.18. The van der Waals surface area contributed by atoms with Gasteiger partial charge in [-0.3, -0.25) is 0 Å². The molecule has 0 aliphatic carbocycles. The Bertz CT molecular complexity index is 152. The largest absolute Gasteiger partial charge is 0.309 e. The van der Waals surface area contributed by atoms with Crippen LogP contribution in [0.3, 0.4) is 0 Å². The monoisotopic (exact) mass is 200 g/mol. The molecule has 0 amide bonds. The Kier molecular flexibility index (Phi) is 5.68. The molecule has 0 rings (SSSR count). The van der Waals surface area contributed by atoms with E-state index in [1.807, 2.05) is 0 Å². The van der Waals surface area contributed by atoms with Crippen LogP contribution in [0, 0.1) is 5.41 Å². The first-order chi connectivity index (χ1) is 6.28. The first-order valence-corrected chi connectivity index (χ1v) is 5.63. The van der Waals surface area contributed by atoms with Crippen molar-refractivity contribution in [2.45, 2.75) is 40.2 Å². The SMILES string of the molecule is CCC(C)N(C)CC(C)(C)CN(C)C. The maximum absolute atomic E-state index is 2.46. The fraction of sp³-hybridized carbons (Fsp3) is 1.00. The Morgan fingerprint density at radius 1 is 1.07 bits per heavy atom. The molecule has 0 spiro atoms. The van der Waals surface area contributed by atoms with Gasteiger partial charge >= 0.3 is 0 Å². The van der Waals surface area contributed by atoms with Gasteiger partial charge in [0.2, 0.25) is 0 Å². The highest BCUT2D eigenvalue weighted by atomic mass is 15.1. The second kappa shape index (κ2) is 5.72. The van der Waals surface area contributed by atoms with Gasteiger partial charge in [0.1, 0.15) is 0 Å². The van der Waals surface area contributed by atoms with Crippen LogP contribution < -0.4 is 0 Å². The van der Waals surface area contributed by atoms with E-state index in [4.69, 9.17) is 0 Å². The standard InChI is InChI=1S/C12H28N2/c1-8-11(2)14(7)10-12(3,4)9-13(5)6/h11H,8-10H2,1-7H3. The van der Waals surface area contributed by atoms with Crippen molar-refractivity contribution in [3.05, 3.63) is 0 Å². The van der Waals surface area contributed by atoms with Crippen molar-refractivity contribution < 1.29 is 0 Å². The summed E-state index contributed by atoms with van der Waals surface area (Å²) >= 11 is 0. The van der Waals surface area contributed by atoms with Crippen molar-refractivity contribution >= 4 is 0 Å². The molecule has 2 nitrogen and oxygen atoms in total. The van der Waals surface area contributed by atoms with Gasteiger partial charge in [0.05, 0.1) is 0 Å². The third kappa shape index (κ3) is 5.61. The van der Waals surface area contributed by atoms with Crippen LogP contribution in [0.15, 0.2) is 0 Å². The molecular formula is C12H28N2. The molecule has 1 atom stereocenters. The smallest absolute Gasteiger partial charge is 0.00614 e. The maximum Gasteiger partial charge on any atom is 0.00614 e. The normalized spacial score (nSPS) is 15.2. The summed E-state index contributed by atoms with van der Waals surface area (Å²) in [5, 5.41) is 0. The molecule has 0 aromatic carbocycles. The van der Waals surface area contributed by atoms with Gasteiger partial charge < -0.3 is 9.80 Å². The molecule has 0 aliphatic heterocycles. The van der Waals surface area contributed by atoms with Crippen LogP contribution >= 0.6 is 0 Å². The lowest BCUT2D eigenvalue weighted by Gasteiger charge is -2.35. The zero-order valence-electron chi connectivity index (χ0n) is 11.1. The Labute approximate surface area is 90.3 Å². The van der Waals surface area contributed by atoms with E-state index in [1.54, 1.807) is 0 Å². The molecule has 0 N–H and O–H groups in total. The second-order valence-electron chi connectivity index (χ2n) is 5.57. The van der Waals surface area contributed by atoms with Crippen LogP contribution in [-0.2, 0) is 0 Å². The van der Waals surface area contributed by atoms with Crippen LogP contribution in [0.4, 0.5) is 0 Å². The van der Waals surface area contributed by atoms with Crippen molar-refractivity contribution in [1.29, 1.82) is 0 Å². The Morgan fingerprint density at radius 2 is 1.57 bits per heavy atom. The zero-order valence-corrected chi connectivity index (χ0v) is 11.1. The summed E-state index contributed by atoms with van der Waals surface area (Å²) in [6.45, 7) is 11.5. The summed E-state index contributed by atoms with van der Waals surface area (Å²) in [7, 11) is 6.52. The summed E-state index contributed by atoms with van der Waals surface area (Å²) in [5.41, 5.74) is 0.377. The summed E-state index contributed by atoms with van der Waals surface area (Å²) < 4.78 is 0. The topological polar surface area (TPSA) is 6.48 Å². The first kappa shape index (κ1) is 13.9. The third-order valence-corrected chi connectivity index (χ3v) is 2.76. The summed E-state index contributed by atoms with van der Waals surface area (Å²) in [5.74, 6) is 0. The minimum absolute atomic E-state index is 0.377. The number of hydrogen-bond donors (Lipinski definition) is 0. The molecule has 14 heavy (non-hydrogen) atoms. The second-order valence-corrected chi connectivity index (χ2v) is 5.57. The van der Waals surface area contributed by atoms with E-state index in [1.165, 1.54) is 13.0 Å². The zero-order chi connectivity index (χ0) is 11.4. The molecule has 0 aliphatic rings. The van der Waals surface area contributed by atoms with E-state index in [0.717, 1.165) is 6.54 Å². The van der Waals surface area contributed by atoms with Gasteiger partial charge in [0, 0.05) is 19.1 Å². The molecule has 0 radical (unpaired) electrons. The van der Waals surface area contributed by atoms with Crippen LogP contribution in [0.25, 0.3) is 0 Å². The molecule has 0 aromatic rings.